The van der Waals surface area contributed by atoms with E-state index >= 15 is 0 Å². The predicted octanol–water partition coefficient (Wildman–Crippen LogP) is 1.37. The Balaban J connectivity index is 2.19. The highest BCUT2D eigenvalue weighted by molar-refractivity contribution is 4.11. The normalized spacial score (nSPS) is 10.8. The van der Waals surface area contributed by atoms with Crippen molar-refractivity contribution in [3.8, 4) is 0 Å². The van der Waals surface area contributed by atoms with Crippen LogP contribution in [0.4, 0.5) is 4.39 Å². The van der Waals surface area contributed by atoms with Crippen molar-refractivity contribution in [3.63, 3.8) is 0 Å². The smallest absolute Gasteiger partial charge is 0.0891 e. The molecular formula is C3H7F. The van der Waals surface area contributed by atoms with Crippen molar-refractivity contribution < 1.29 is 5.76 Å². The summed E-state index contributed by atoms with van der Waals surface area (Å²) in [5, 5.41) is 0. The zero-order valence-corrected chi connectivity index (χ0v) is 2.50. The van der Waals surface area contributed by atoms with Crippen LogP contribution in [0.5, 0.6) is 0 Å². The Morgan fingerprint density at radius 2 is 3.00 bits per heavy atom. The second-order valence-corrected chi connectivity index (χ2v) is 0.543. The number of hydrogen-bond acceptors (Lipinski definition) is 0. The van der Waals surface area contributed by atoms with Crippen LogP contribution in [-0.2, 0) is 0 Å². The molecule has 0 aliphatic carbocycles. The van der Waals surface area contributed by atoms with Crippen LogP contribution in [0.25, 0.3) is 0 Å². The largest absolute Gasteiger partial charge is 0.251 e. The van der Waals surface area contributed by atoms with Gasteiger partial charge < -0.3 is 0 Å². The summed E-state index contributed by atoms with van der Waals surface area (Å²) < 4.78 is 17.2. The van der Waals surface area contributed by atoms with Gasteiger partial charge >= 0.3 is 0 Å². The van der Waals surface area contributed by atoms with Crippen molar-refractivity contribution in [2.75, 3.05) is 6.67 Å². The highest BCUT2D eigenvalue weighted by Gasteiger charge is 1.60. The molecule has 0 aliphatic rings. The molecule has 0 aromatic heterocycles. The first-order valence-electron chi connectivity index (χ1n) is 1.97. The molecule has 4 heavy (non-hydrogen) atoms. The second-order valence-electron chi connectivity index (χ2n) is 0.543. The monoisotopic (exact) mass is 63.1 g/mol. The van der Waals surface area contributed by atoms with E-state index in [0.717, 1.165) is 0 Å². The highest BCUT2D eigenvalue weighted by atomic mass is 19.1. The topological polar surface area (TPSA) is 0 Å². The van der Waals surface area contributed by atoms with Gasteiger partial charge in [0.25, 0.3) is 0 Å². The maximum absolute atomic E-state index is 10.9. The fraction of sp³-hybridized carbons (Fsp3) is 1.00. The summed E-state index contributed by atoms with van der Waals surface area (Å²) in [5.41, 5.74) is 0. The molecule has 0 spiro atoms. The van der Waals surface area contributed by atoms with Gasteiger partial charge in [0.15, 0.2) is 0 Å². The zero-order valence-electron chi connectivity index (χ0n) is 3.50. The molecule has 0 aromatic carbocycles. The van der Waals surface area contributed by atoms with Gasteiger partial charge in [-0.15, -0.1) is 0 Å². The molecular weight excluding hydrogens is 55.0 g/mol. The van der Waals surface area contributed by atoms with Gasteiger partial charge in [0, 0.05) is 1.37 Å². The number of halogens is 1. The van der Waals surface area contributed by atoms with E-state index in [2.05, 4.69) is 0 Å². The third kappa shape index (κ3) is 1.93. The summed E-state index contributed by atoms with van der Waals surface area (Å²) in [6.07, 6.45) is 0.389. The van der Waals surface area contributed by atoms with Crippen LogP contribution < -0.4 is 0 Å². The minimum atomic E-state index is -0.344. The van der Waals surface area contributed by atoms with E-state index < -0.39 is 0 Å². The Morgan fingerprint density at radius 1 is 2.25 bits per heavy atom. The first kappa shape index (κ1) is 2.18. The van der Waals surface area contributed by atoms with E-state index in [0.29, 0.717) is 6.42 Å². The van der Waals surface area contributed by atoms with E-state index in [9.17, 15) is 4.39 Å². The van der Waals surface area contributed by atoms with Crippen LogP contribution in [0, 0.1) is 0 Å². The molecule has 0 amide bonds. The molecule has 0 heterocycles. The summed E-state index contributed by atoms with van der Waals surface area (Å²) in [5.74, 6) is 0. The van der Waals surface area contributed by atoms with Crippen LogP contribution in [0.2, 0.25) is 0 Å². The van der Waals surface area contributed by atoms with Crippen molar-refractivity contribution >= 4 is 0 Å². The standard InChI is InChI=1S/C3H7F/c1-2-3-4/h2-3H2,1H3/i1D. The highest BCUT2D eigenvalue weighted by Crippen LogP contribution is 1.69. The number of alkyl halides is 1. The van der Waals surface area contributed by atoms with Gasteiger partial charge in [-0.25, -0.2) is 0 Å². The third-order valence-electron chi connectivity index (χ3n) is 0.134. The minimum absolute atomic E-state index is 0.219. The van der Waals surface area contributed by atoms with Gasteiger partial charge in [-0.3, -0.25) is 4.39 Å². The third-order valence-corrected chi connectivity index (χ3v) is 0.134. The summed E-state index contributed by atoms with van der Waals surface area (Å²) in [6.45, 7) is -0.125. The van der Waals surface area contributed by atoms with Crippen LogP contribution >= 0.6 is 0 Å². The molecule has 0 fully saturated rings. The minimum Gasteiger partial charge on any atom is -0.251 e. The van der Waals surface area contributed by atoms with Crippen LogP contribution in [-0.4, -0.2) is 6.67 Å². The number of hydrogen-bond donors (Lipinski definition) is 0. The first-order chi connectivity index (χ1) is 2.41. The van der Waals surface area contributed by atoms with E-state index in [1.165, 1.54) is 0 Å². The summed E-state index contributed by atoms with van der Waals surface area (Å²) >= 11 is 0. The Morgan fingerprint density at radius 3 is 3.00 bits per heavy atom. The Hall–Kier alpha value is -0.0700. The van der Waals surface area contributed by atoms with E-state index in [1.807, 2.05) is 0 Å². The molecule has 0 N–H and O–H groups in total. The molecule has 0 saturated carbocycles. The zero-order chi connectivity index (χ0) is 4.12. The fourth-order valence-electron chi connectivity index (χ4n) is 0. The fourth-order valence-corrected chi connectivity index (χ4v) is 0. The SMILES string of the molecule is [2H]CCCF. The molecule has 0 saturated heterocycles. The maximum atomic E-state index is 10.9. The molecule has 26 valence electrons. The lowest BCUT2D eigenvalue weighted by molar-refractivity contribution is 0.487. The molecule has 0 atom stereocenters. The maximum Gasteiger partial charge on any atom is 0.0891 e. The summed E-state index contributed by atoms with van der Waals surface area (Å²) in [7, 11) is 0. The van der Waals surface area contributed by atoms with Crippen molar-refractivity contribution in [3.05, 3.63) is 0 Å². The molecule has 0 radical (unpaired) electrons. The van der Waals surface area contributed by atoms with Crippen molar-refractivity contribution in [1.29, 1.82) is 0 Å². The van der Waals surface area contributed by atoms with Gasteiger partial charge in [-0.2, -0.15) is 0 Å². The average molecular weight is 63.1 g/mol. The lowest BCUT2D eigenvalue weighted by Crippen LogP contribution is -1.58. The Kier molecular flexibility index (Phi) is 1.60. The molecule has 0 bridgehead atoms. The summed E-state index contributed by atoms with van der Waals surface area (Å²) in [4.78, 5) is 0. The quantitative estimate of drug-likeness (QED) is 0.431. The first-order valence-corrected chi connectivity index (χ1v) is 1.27. The Labute approximate surface area is 27.0 Å². The van der Waals surface area contributed by atoms with Crippen molar-refractivity contribution in [1.82, 2.24) is 0 Å². The molecule has 0 aliphatic heterocycles. The van der Waals surface area contributed by atoms with Gasteiger partial charge in [-0.1, -0.05) is 6.90 Å². The molecule has 0 nitrogen and oxygen atoms in total. The van der Waals surface area contributed by atoms with Crippen molar-refractivity contribution in [2.24, 2.45) is 0 Å². The lowest BCUT2D eigenvalue weighted by atomic mass is 10.6. The molecule has 0 rings (SSSR count). The summed E-state index contributed by atoms with van der Waals surface area (Å²) in [6, 6.07) is 0. The second kappa shape index (κ2) is 2.93. The van der Waals surface area contributed by atoms with Crippen LogP contribution in [0.1, 0.15) is 14.7 Å². The van der Waals surface area contributed by atoms with Gasteiger partial charge in [0.05, 0.1) is 6.67 Å². The number of rotatable bonds is 1. The van der Waals surface area contributed by atoms with Gasteiger partial charge in [0.2, 0.25) is 0 Å². The molecule has 0 aromatic rings. The van der Waals surface area contributed by atoms with E-state index in [-0.39, 0.29) is 13.6 Å². The Bertz CT molecular complexity index is 14.4. The van der Waals surface area contributed by atoms with E-state index in [1.54, 1.807) is 0 Å². The van der Waals surface area contributed by atoms with Gasteiger partial charge in [0.1, 0.15) is 0 Å². The van der Waals surface area contributed by atoms with Crippen LogP contribution in [0.3, 0.4) is 0 Å². The molecule has 0 unspecified atom stereocenters. The molecule has 1 heteroatoms. The predicted molar refractivity (Wildman–Crippen MR) is 16.3 cm³/mol. The average Bonchev–Trinajstić information content (AvgIpc) is 1.41. The van der Waals surface area contributed by atoms with Crippen LogP contribution in [0.15, 0.2) is 0 Å². The van der Waals surface area contributed by atoms with E-state index in [4.69, 9.17) is 1.37 Å². The van der Waals surface area contributed by atoms with Crippen molar-refractivity contribution in [2.45, 2.75) is 13.3 Å². The van der Waals surface area contributed by atoms with Gasteiger partial charge in [-0.05, 0) is 6.42 Å². The lowest BCUT2D eigenvalue weighted by Gasteiger charge is -1.64.